The number of hydrogen-bond donors (Lipinski definition) is 2. The highest BCUT2D eigenvalue weighted by atomic mass is 32.2. The van der Waals surface area contributed by atoms with Crippen molar-refractivity contribution in [3.05, 3.63) is 41.1 Å². The van der Waals surface area contributed by atoms with Gasteiger partial charge in [0.15, 0.2) is 5.82 Å². The molecule has 3 rings (SSSR count). The summed E-state index contributed by atoms with van der Waals surface area (Å²) in [7, 11) is -1.96. The molecule has 0 saturated carbocycles. The van der Waals surface area contributed by atoms with E-state index in [1.807, 2.05) is 19.1 Å². The third-order valence-electron chi connectivity index (χ3n) is 4.08. The van der Waals surface area contributed by atoms with Crippen LogP contribution in [0.2, 0.25) is 0 Å². The first-order valence-electron chi connectivity index (χ1n) is 7.32. The molecule has 6 nitrogen and oxygen atoms in total. The Kier molecular flexibility index (Phi) is 3.92. The smallest absolute Gasteiger partial charge is 0.240 e. The van der Waals surface area contributed by atoms with E-state index in [4.69, 9.17) is 0 Å². The Morgan fingerprint density at radius 2 is 2.05 bits per heavy atom. The van der Waals surface area contributed by atoms with E-state index in [2.05, 4.69) is 19.8 Å². The standard InChI is InChI=1S/C15H20N4O2S/c1-11-14-4-3-9-19(15(14)18-17-11)10-12-5-7-13(8-6-12)22(20,21)16-2/h5-8,16H,3-4,9-10H2,1-2H3,(H,17,18). The van der Waals surface area contributed by atoms with Crippen molar-refractivity contribution in [3.63, 3.8) is 0 Å². The van der Waals surface area contributed by atoms with Gasteiger partial charge >= 0.3 is 0 Å². The molecule has 22 heavy (non-hydrogen) atoms. The summed E-state index contributed by atoms with van der Waals surface area (Å²) < 4.78 is 25.8. The molecule has 1 aromatic heterocycles. The summed E-state index contributed by atoms with van der Waals surface area (Å²) >= 11 is 0. The van der Waals surface area contributed by atoms with Gasteiger partial charge in [0.05, 0.1) is 4.90 Å². The Morgan fingerprint density at radius 3 is 2.73 bits per heavy atom. The van der Waals surface area contributed by atoms with Crippen LogP contribution in [0.15, 0.2) is 29.2 Å². The Morgan fingerprint density at radius 1 is 1.32 bits per heavy atom. The number of sulfonamides is 1. The van der Waals surface area contributed by atoms with E-state index in [-0.39, 0.29) is 4.90 Å². The summed E-state index contributed by atoms with van der Waals surface area (Å²) in [5.74, 6) is 1.02. The van der Waals surface area contributed by atoms with Crippen molar-refractivity contribution in [2.24, 2.45) is 0 Å². The number of nitrogens with one attached hydrogen (secondary N) is 2. The highest BCUT2D eigenvalue weighted by Crippen LogP contribution is 2.28. The average Bonchev–Trinajstić information content (AvgIpc) is 2.91. The fourth-order valence-corrected chi connectivity index (χ4v) is 3.55. The molecule has 0 spiro atoms. The summed E-state index contributed by atoms with van der Waals surface area (Å²) in [6.07, 6.45) is 2.17. The summed E-state index contributed by atoms with van der Waals surface area (Å²) in [6.45, 7) is 3.75. The molecule has 1 aromatic carbocycles. The maximum Gasteiger partial charge on any atom is 0.240 e. The number of aromatic nitrogens is 2. The zero-order valence-corrected chi connectivity index (χ0v) is 13.6. The molecule has 1 aliphatic rings. The molecular formula is C15H20N4O2S. The van der Waals surface area contributed by atoms with Crippen molar-refractivity contribution in [2.75, 3.05) is 18.5 Å². The molecule has 0 atom stereocenters. The van der Waals surface area contributed by atoms with Crippen LogP contribution in [0.1, 0.15) is 23.2 Å². The zero-order valence-electron chi connectivity index (χ0n) is 12.8. The minimum absolute atomic E-state index is 0.286. The van der Waals surface area contributed by atoms with Gasteiger partial charge in [-0.2, -0.15) is 5.10 Å². The predicted octanol–water partition coefficient (Wildman–Crippen LogP) is 1.58. The van der Waals surface area contributed by atoms with Crippen LogP contribution in [0.25, 0.3) is 0 Å². The van der Waals surface area contributed by atoms with Gasteiger partial charge < -0.3 is 4.90 Å². The molecule has 0 unspecified atom stereocenters. The first-order chi connectivity index (χ1) is 10.5. The molecule has 118 valence electrons. The average molecular weight is 320 g/mol. The number of anilines is 1. The van der Waals surface area contributed by atoms with Gasteiger partial charge in [-0.15, -0.1) is 0 Å². The van der Waals surface area contributed by atoms with Crippen LogP contribution >= 0.6 is 0 Å². The molecule has 0 saturated heterocycles. The number of aryl methyl sites for hydroxylation is 1. The molecule has 0 amide bonds. The van der Waals surface area contributed by atoms with Crippen LogP contribution in [0.3, 0.4) is 0 Å². The minimum atomic E-state index is -3.37. The second-order valence-electron chi connectivity index (χ2n) is 5.53. The van der Waals surface area contributed by atoms with Crippen molar-refractivity contribution < 1.29 is 8.42 Å². The first kappa shape index (κ1) is 15.1. The number of benzene rings is 1. The van der Waals surface area contributed by atoms with Crippen molar-refractivity contribution in [1.29, 1.82) is 0 Å². The molecule has 0 fully saturated rings. The SMILES string of the molecule is CNS(=O)(=O)c1ccc(CN2CCCc3c2n[nH]c3C)cc1. The van der Waals surface area contributed by atoms with Crippen molar-refractivity contribution in [2.45, 2.75) is 31.2 Å². The van der Waals surface area contributed by atoms with Crippen LogP contribution in [0, 0.1) is 6.92 Å². The Labute approximate surface area is 130 Å². The minimum Gasteiger partial charge on any atom is -0.351 e. The Bertz CT molecular complexity index is 765. The topological polar surface area (TPSA) is 78.1 Å². The van der Waals surface area contributed by atoms with E-state index >= 15 is 0 Å². The quantitative estimate of drug-likeness (QED) is 0.896. The number of fused-ring (bicyclic) bond motifs is 1. The van der Waals surface area contributed by atoms with Gasteiger partial charge in [-0.3, -0.25) is 5.10 Å². The normalized spacial score (nSPS) is 14.9. The maximum absolute atomic E-state index is 11.7. The lowest BCUT2D eigenvalue weighted by molar-refractivity contribution is 0.588. The van der Waals surface area contributed by atoms with E-state index in [0.29, 0.717) is 0 Å². The summed E-state index contributed by atoms with van der Waals surface area (Å²) in [4.78, 5) is 2.53. The monoisotopic (exact) mass is 320 g/mol. The van der Waals surface area contributed by atoms with Crippen molar-refractivity contribution in [3.8, 4) is 0 Å². The second kappa shape index (κ2) is 5.73. The van der Waals surface area contributed by atoms with Crippen molar-refractivity contribution >= 4 is 15.8 Å². The summed E-state index contributed by atoms with van der Waals surface area (Å²) in [6, 6.07) is 7.00. The third kappa shape index (κ3) is 2.74. The number of rotatable bonds is 4. The molecule has 2 heterocycles. The maximum atomic E-state index is 11.7. The second-order valence-corrected chi connectivity index (χ2v) is 7.41. The number of aromatic amines is 1. The summed E-state index contributed by atoms with van der Waals surface area (Å²) in [5, 5.41) is 7.45. The molecular weight excluding hydrogens is 300 g/mol. The van der Waals surface area contributed by atoms with Crippen LogP contribution in [-0.4, -0.2) is 32.2 Å². The van der Waals surface area contributed by atoms with Gasteiger partial charge in [0.2, 0.25) is 10.0 Å². The molecule has 0 aliphatic carbocycles. The predicted molar refractivity (Wildman–Crippen MR) is 85.4 cm³/mol. The lowest BCUT2D eigenvalue weighted by atomic mass is 10.0. The summed E-state index contributed by atoms with van der Waals surface area (Å²) in [5.41, 5.74) is 3.50. The van der Waals surface area contributed by atoms with Gasteiger partial charge in [0, 0.05) is 24.3 Å². The third-order valence-corrected chi connectivity index (χ3v) is 5.51. The number of hydrogen-bond acceptors (Lipinski definition) is 4. The van der Waals surface area contributed by atoms with Gasteiger partial charge in [0.25, 0.3) is 0 Å². The fraction of sp³-hybridized carbons (Fsp3) is 0.400. The van der Waals surface area contributed by atoms with E-state index < -0.39 is 10.0 Å². The lowest BCUT2D eigenvalue weighted by Gasteiger charge is -2.27. The van der Waals surface area contributed by atoms with Gasteiger partial charge in [-0.25, -0.2) is 13.1 Å². The molecule has 2 N–H and O–H groups in total. The Hall–Kier alpha value is -1.86. The Balaban J connectivity index is 1.80. The van der Waals surface area contributed by atoms with E-state index in [1.54, 1.807) is 12.1 Å². The number of H-pyrrole nitrogens is 1. The molecule has 7 heteroatoms. The van der Waals surface area contributed by atoms with Gasteiger partial charge in [0.1, 0.15) is 0 Å². The molecule has 0 bridgehead atoms. The van der Waals surface area contributed by atoms with Crippen LogP contribution in [0.5, 0.6) is 0 Å². The molecule has 1 aliphatic heterocycles. The van der Waals surface area contributed by atoms with Crippen molar-refractivity contribution in [1.82, 2.24) is 14.9 Å². The van der Waals surface area contributed by atoms with Crippen LogP contribution in [-0.2, 0) is 23.0 Å². The highest BCUT2D eigenvalue weighted by molar-refractivity contribution is 7.89. The fourth-order valence-electron chi connectivity index (χ4n) is 2.82. The van der Waals surface area contributed by atoms with E-state index in [1.165, 1.54) is 12.6 Å². The van der Waals surface area contributed by atoms with Gasteiger partial charge in [-0.05, 0) is 44.5 Å². The molecule has 2 aromatic rings. The van der Waals surface area contributed by atoms with E-state index in [0.717, 1.165) is 43.0 Å². The lowest BCUT2D eigenvalue weighted by Crippen LogP contribution is -2.29. The van der Waals surface area contributed by atoms with E-state index in [9.17, 15) is 8.42 Å². The largest absolute Gasteiger partial charge is 0.351 e. The molecule has 0 radical (unpaired) electrons. The van der Waals surface area contributed by atoms with Crippen LogP contribution < -0.4 is 9.62 Å². The zero-order chi connectivity index (χ0) is 15.7. The number of nitrogens with zero attached hydrogens (tertiary/aromatic N) is 2. The van der Waals surface area contributed by atoms with Gasteiger partial charge in [-0.1, -0.05) is 12.1 Å². The van der Waals surface area contributed by atoms with Crippen LogP contribution in [0.4, 0.5) is 5.82 Å². The highest BCUT2D eigenvalue weighted by Gasteiger charge is 2.21. The first-order valence-corrected chi connectivity index (χ1v) is 8.81.